The Labute approximate surface area is 196 Å². The van der Waals surface area contributed by atoms with E-state index in [1.165, 1.54) is 6.07 Å². The van der Waals surface area contributed by atoms with E-state index in [0.29, 0.717) is 42.2 Å². The molecule has 1 fully saturated rings. The number of rotatable bonds is 5. The first-order valence-electron chi connectivity index (χ1n) is 10.9. The minimum absolute atomic E-state index is 0.0180. The number of halogens is 1. The summed E-state index contributed by atoms with van der Waals surface area (Å²) in [5.74, 6) is -0.659. The van der Waals surface area contributed by atoms with Crippen LogP contribution in [0.4, 0.5) is 0 Å². The predicted octanol–water partition coefficient (Wildman–Crippen LogP) is 3.82. The Hall–Kier alpha value is -3.16. The van der Waals surface area contributed by atoms with Gasteiger partial charge >= 0.3 is 5.97 Å². The van der Waals surface area contributed by atoms with Crippen LogP contribution in [0.5, 0.6) is 0 Å². The predicted molar refractivity (Wildman–Crippen MR) is 126 cm³/mol. The first kappa shape index (κ1) is 23.0. The van der Waals surface area contributed by atoms with Crippen molar-refractivity contribution in [3.8, 4) is 0 Å². The van der Waals surface area contributed by atoms with Crippen LogP contribution in [-0.2, 0) is 9.53 Å². The molecule has 4 rings (SSSR count). The average Bonchev–Trinajstić information content (AvgIpc) is 2.81. The number of nitrogens with zero attached hydrogens (tertiary/aromatic N) is 2. The smallest absolute Gasteiger partial charge is 0.328 e. The van der Waals surface area contributed by atoms with Gasteiger partial charge in [0.25, 0.3) is 5.91 Å². The van der Waals surface area contributed by atoms with E-state index < -0.39 is 6.04 Å². The summed E-state index contributed by atoms with van der Waals surface area (Å²) in [5, 5.41) is 1.04. The third-order valence-corrected chi connectivity index (χ3v) is 6.01. The summed E-state index contributed by atoms with van der Waals surface area (Å²) in [4.78, 5) is 41.9. The van der Waals surface area contributed by atoms with Gasteiger partial charge in [-0.25, -0.2) is 4.79 Å². The largest absolute Gasteiger partial charge is 0.465 e. The summed E-state index contributed by atoms with van der Waals surface area (Å²) in [6.07, 6.45) is 0. The van der Waals surface area contributed by atoms with E-state index in [2.05, 4.69) is 0 Å². The zero-order chi connectivity index (χ0) is 23.5. The molecule has 0 N–H and O–H groups in total. The van der Waals surface area contributed by atoms with Crippen LogP contribution in [0.2, 0.25) is 5.02 Å². The molecule has 1 aliphatic rings. The van der Waals surface area contributed by atoms with E-state index in [4.69, 9.17) is 20.8 Å². The second kappa shape index (κ2) is 9.77. The monoisotopic (exact) mass is 468 g/mol. The fraction of sp³-hybridized carbons (Fsp3) is 0.320. The van der Waals surface area contributed by atoms with Gasteiger partial charge in [-0.1, -0.05) is 35.4 Å². The molecule has 0 spiro atoms. The van der Waals surface area contributed by atoms with Crippen LogP contribution in [0, 0.1) is 6.92 Å². The molecule has 1 amide bonds. The quantitative estimate of drug-likeness (QED) is 0.530. The van der Waals surface area contributed by atoms with Gasteiger partial charge in [-0.3, -0.25) is 14.5 Å². The Kier molecular flexibility index (Phi) is 6.81. The molecule has 1 aromatic heterocycles. The summed E-state index contributed by atoms with van der Waals surface area (Å²) >= 11 is 6.01. The molecule has 2 heterocycles. The van der Waals surface area contributed by atoms with E-state index >= 15 is 0 Å². The summed E-state index contributed by atoms with van der Waals surface area (Å²) in [7, 11) is 0. The summed E-state index contributed by atoms with van der Waals surface area (Å²) in [6.45, 7) is 5.65. The normalized spacial score (nSPS) is 15.4. The molecule has 2 aromatic carbocycles. The maximum Gasteiger partial charge on any atom is 0.328 e. The number of hydrogen-bond acceptors (Lipinski definition) is 6. The highest BCUT2D eigenvalue weighted by atomic mass is 35.5. The van der Waals surface area contributed by atoms with Gasteiger partial charge in [-0.2, -0.15) is 0 Å². The van der Waals surface area contributed by atoms with Gasteiger partial charge in [0.05, 0.1) is 12.0 Å². The van der Waals surface area contributed by atoms with E-state index in [1.54, 1.807) is 36.1 Å². The lowest BCUT2D eigenvalue weighted by Crippen LogP contribution is -2.51. The van der Waals surface area contributed by atoms with Crippen LogP contribution in [0.1, 0.15) is 34.6 Å². The lowest BCUT2D eigenvalue weighted by molar-refractivity contribution is -0.150. The van der Waals surface area contributed by atoms with Gasteiger partial charge in [-0.05, 0) is 43.7 Å². The Morgan fingerprint density at radius 3 is 2.42 bits per heavy atom. The van der Waals surface area contributed by atoms with Gasteiger partial charge in [0.15, 0.2) is 11.2 Å². The third kappa shape index (κ3) is 4.94. The number of carbonyl (C=O) groups excluding carboxylic acids is 2. The van der Waals surface area contributed by atoms with Crippen LogP contribution >= 0.6 is 11.6 Å². The Bertz CT molecular complexity index is 1230. The molecule has 0 bridgehead atoms. The molecular formula is C25H25ClN2O5. The summed E-state index contributed by atoms with van der Waals surface area (Å²) in [6, 6.07) is 13.1. The number of aryl methyl sites for hydroxylation is 1. The lowest BCUT2D eigenvalue weighted by atomic mass is 10.0. The Morgan fingerprint density at radius 2 is 1.76 bits per heavy atom. The molecule has 33 heavy (non-hydrogen) atoms. The number of esters is 1. The van der Waals surface area contributed by atoms with Crippen LogP contribution < -0.4 is 5.43 Å². The number of ether oxygens (including phenoxy) is 1. The highest BCUT2D eigenvalue weighted by Crippen LogP contribution is 2.26. The zero-order valence-corrected chi connectivity index (χ0v) is 19.3. The number of amides is 1. The Balaban J connectivity index is 1.51. The topological polar surface area (TPSA) is 80.1 Å². The van der Waals surface area contributed by atoms with Crippen molar-refractivity contribution in [1.82, 2.24) is 9.80 Å². The number of piperazine rings is 1. The van der Waals surface area contributed by atoms with E-state index in [1.807, 2.05) is 30.0 Å². The van der Waals surface area contributed by atoms with E-state index in [9.17, 15) is 14.4 Å². The second-order valence-electron chi connectivity index (χ2n) is 8.01. The van der Waals surface area contributed by atoms with Gasteiger partial charge < -0.3 is 14.1 Å². The van der Waals surface area contributed by atoms with E-state index in [-0.39, 0.29) is 29.7 Å². The van der Waals surface area contributed by atoms with Gasteiger partial charge in [0.2, 0.25) is 0 Å². The fourth-order valence-corrected chi connectivity index (χ4v) is 4.20. The maximum atomic E-state index is 13.1. The maximum absolute atomic E-state index is 13.1. The molecule has 1 atom stereocenters. The number of benzene rings is 2. The van der Waals surface area contributed by atoms with Crippen molar-refractivity contribution in [2.75, 3.05) is 32.8 Å². The van der Waals surface area contributed by atoms with Crippen LogP contribution in [0.25, 0.3) is 11.0 Å². The first-order chi connectivity index (χ1) is 15.9. The van der Waals surface area contributed by atoms with Crippen LogP contribution in [-0.4, -0.2) is 54.5 Å². The van der Waals surface area contributed by atoms with Gasteiger partial charge in [0.1, 0.15) is 11.6 Å². The first-order valence-corrected chi connectivity index (χ1v) is 11.2. The van der Waals surface area contributed by atoms with Crippen molar-refractivity contribution in [1.29, 1.82) is 0 Å². The van der Waals surface area contributed by atoms with Crippen LogP contribution in [0.15, 0.2) is 57.7 Å². The molecule has 0 aliphatic carbocycles. The molecule has 0 saturated carbocycles. The van der Waals surface area contributed by atoms with Crippen molar-refractivity contribution in [2.45, 2.75) is 19.9 Å². The molecule has 1 aliphatic heterocycles. The molecule has 7 nitrogen and oxygen atoms in total. The minimum atomic E-state index is -0.582. The molecule has 8 heteroatoms. The van der Waals surface area contributed by atoms with Gasteiger partial charge in [-0.15, -0.1) is 0 Å². The highest BCUT2D eigenvalue weighted by molar-refractivity contribution is 6.30. The van der Waals surface area contributed by atoms with Crippen molar-refractivity contribution in [3.63, 3.8) is 0 Å². The lowest BCUT2D eigenvalue weighted by Gasteiger charge is -2.38. The molecule has 0 unspecified atom stereocenters. The fourth-order valence-electron chi connectivity index (χ4n) is 4.08. The molecule has 0 radical (unpaired) electrons. The van der Waals surface area contributed by atoms with E-state index in [0.717, 1.165) is 11.1 Å². The molecular weight excluding hydrogens is 444 g/mol. The van der Waals surface area contributed by atoms with Gasteiger partial charge in [0, 0.05) is 37.3 Å². The number of hydrogen-bond donors (Lipinski definition) is 0. The SMILES string of the molecule is CCOC(=O)[C@@H](c1ccc(Cl)cc1)N1CCN(C(=O)c2cc(=O)c3cc(C)ccc3o2)CC1. The standard InChI is InChI=1S/C25H25ClN2O5/c1-3-32-25(31)23(17-5-7-18(26)8-6-17)27-10-12-28(13-11-27)24(30)22-15-20(29)19-14-16(2)4-9-21(19)33-22/h4-9,14-15,23H,3,10-13H2,1-2H3/t23-/m1/s1. The zero-order valence-electron chi connectivity index (χ0n) is 18.5. The molecule has 3 aromatic rings. The van der Waals surface area contributed by atoms with Crippen molar-refractivity contribution in [3.05, 3.63) is 80.7 Å². The summed E-state index contributed by atoms with van der Waals surface area (Å²) in [5.41, 5.74) is 1.88. The average molecular weight is 469 g/mol. The van der Waals surface area contributed by atoms with Crippen molar-refractivity contribution in [2.24, 2.45) is 0 Å². The third-order valence-electron chi connectivity index (χ3n) is 5.76. The number of fused-ring (bicyclic) bond motifs is 1. The highest BCUT2D eigenvalue weighted by Gasteiger charge is 2.33. The molecule has 1 saturated heterocycles. The Morgan fingerprint density at radius 1 is 1.06 bits per heavy atom. The van der Waals surface area contributed by atoms with Crippen LogP contribution in [0.3, 0.4) is 0 Å². The number of carbonyl (C=O) groups is 2. The second-order valence-corrected chi connectivity index (χ2v) is 8.45. The minimum Gasteiger partial charge on any atom is -0.465 e. The molecule has 172 valence electrons. The van der Waals surface area contributed by atoms with Crippen molar-refractivity contribution >= 4 is 34.4 Å². The van der Waals surface area contributed by atoms with Crippen molar-refractivity contribution < 1.29 is 18.7 Å². The summed E-state index contributed by atoms with van der Waals surface area (Å²) < 4.78 is 11.1.